The van der Waals surface area contributed by atoms with Crippen molar-refractivity contribution < 1.29 is 4.21 Å². The predicted molar refractivity (Wildman–Crippen MR) is 124 cm³/mol. The number of piperidine rings is 1. The van der Waals surface area contributed by atoms with E-state index in [0.29, 0.717) is 11.3 Å². The van der Waals surface area contributed by atoms with Gasteiger partial charge in [0, 0.05) is 41.4 Å². The van der Waals surface area contributed by atoms with E-state index in [9.17, 15) is 4.21 Å². The molecule has 1 saturated heterocycles. The van der Waals surface area contributed by atoms with Gasteiger partial charge in [0.2, 0.25) is 0 Å². The highest BCUT2D eigenvalue weighted by molar-refractivity contribution is 14.0. The summed E-state index contributed by atoms with van der Waals surface area (Å²) in [6, 6.07) is 0.409. The lowest BCUT2D eigenvalue weighted by atomic mass is 9.95. The van der Waals surface area contributed by atoms with Crippen LogP contribution >= 0.6 is 24.0 Å². The second-order valence-corrected chi connectivity index (χ2v) is 9.54. The molecule has 0 aromatic heterocycles. The van der Waals surface area contributed by atoms with Crippen LogP contribution in [0.15, 0.2) is 4.99 Å². The number of halogens is 1. The van der Waals surface area contributed by atoms with Gasteiger partial charge in [-0.05, 0) is 64.1 Å². The first kappa shape index (κ1) is 24.1. The predicted octanol–water partition coefficient (Wildman–Crippen LogP) is 2.97. The molecule has 3 atom stereocenters. The highest BCUT2D eigenvalue weighted by Gasteiger charge is 2.26. The lowest BCUT2D eigenvalue weighted by Gasteiger charge is -2.33. The SMILES string of the molecule is CCCN1CCC(CNC(=NC)NC2CCCC(S(=O)CC)C2)CC1.I. The zero-order chi connectivity index (χ0) is 18.1. The quantitative estimate of drug-likeness (QED) is 0.322. The molecule has 2 aliphatic rings. The summed E-state index contributed by atoms with van der Waals surface area (Å²) in [5, 5.41) is 7.47. The molecule has 2 rings (SSSR count). The molecule has 7 heteroatoms. The highest BCUT2D eigenvalue weighted by atomic mass is 127. The van der Waals surface area contributed by atoms with Crippen LogP contribution in [0.4, 0.5) is 0 Å². The summed E-state index contributed by atoms with van der Waals surface area (Å²) in [6.45, 7) is 9.01. The average Bonchev–Trinajstić information content (AvgIpc) is 2.66. The van der Waals surface area contributed by atoms with Gasteiger partial charge in [-0.15, -0.1) is 24.0 Å². The van der Waals surface area contributed by atoms with Crippen molar-refractivity contribution in [1.82, 2.24) is 15.5 Å². The zero-order valence-corrected chi connectivity index (χ0v) is 20.0. The summed E-state index contributed by atoms with van der Waals surface area (Å²) < 4.78 is 12.1. The molecule has 0 aromatic rings. The molecule has 0 aromatic carbocycles. The van der Waals surface area contributed by atoms with E-state index in [1.54, 1.807) is 0 Å². The molecule has 5 nitrogen and oxygen atoms in total. The van der Waals surface area contributed by atoms with Crippen molar-refractivity contribution in [2.24, 2.45) is 10.9 Å². The minimum atomic E-state index is -0.669. The van der Waals surface area contributed by atoms with Crippen molar-refractivity contribution >= 4 is 40.7 Å². The van der Waals surface area contributed by atoms with Crippen molar-refractivity contribution in [3.63, 3.8) is 0 Å². The summed E-state index contributed by atoms with van der Waals surface area (Å²) in [6.07, 6.45) is 8.27. The Kier molecular flexibility index (Phi) is 12.4. The molecule has 1 heterocycles. The molecule has 1 aliphatic carbocycles. The molecule has 26 heavy (non-hydrogen) atoms. The van der Waals surface area contributed by atoms with Crippen LogP contribution in [-0.4, -0.2) is 65.3 Å². The van der Waals surface area contributed by atoms with Gasteiger partial charge in [-0.1, -0.05) is 20.3 Å². The van der Waals surface area contributed by atoms with Crippen LogP contribution < -0.4 is 10.6 Å². The number of aliphatic imine (C=N–C) groups is 1. The Labute approximate surface area is 180 Å². The van der Waals surface area contributed by atoms with Gasteiger partial charge < -0.3 is 15.5 Å². The number of likely N-dealkylation sites (tertiary alicyclic amines) is 1. The molecular formula is C19H39IN4OS. The second-order valence-electron chi connectivity index (χ2n) is 7.54. The van der Waals surface area contributed by atoms with Crippen molar-refractivity contribution in [2.45, 2.75) is 70.1 Å². The summed E-state index contributed by atoms with van der Waals surface area (Å²) in [5.74, 6) is 2.45. The Morgan fingerprint density at radius 1 is 1.19 bits per heavy atom. The Morgan fingerprint density at radius 3 is 2.54 bits per heavy atom. The van der Waals surface area contributed by atoms with Gasteiger partial charge in [0.15, 0.2) is 5.96 Å². The largest absolute Gasteiger partial charge is 0.356 e. The molecule has 0 spiro atoms. The number of guanidine groups is 1. The van der Waals surface area contributed by atoms with E-state index < -0.39 is 10.8 Å². The van der Waals surface area contributed by atoms with E-state index in [2.05, 4.69) is 27.4 Å². The Balaban J connectivity index is 0.00000338. The van der Waals surface area contributed by atoms with E-state index in [4.69, 9.17) is 0 Å². The minimum Gasteiger partial charge on any atom is -0.356 e. The number of hydrogen-bond acceptors (Lipinski definition) is 3. The maximum atomic E-state index is 12.1. The molecule has 1 saturated carbocycles. The number of nitrogens with zero attached hydrogens (tertiary/aromatic N) is 2. The molecule has 2 fully saturated rings. The van der Waals surface area contributed by atoms with E-state index in [-0.39, 0.29) is 24.0 Å². The summed E-state index contributed by atoms with van der Waals surface area (Å²) in [5.41, 5.74) is 0. The maximum absolute atomic E-state index is 12.1. The van der Waals surface area contributed by atoms with Gasteiger partial charge in [0.05, 0.1) is 0 Å². The lowest BCUT2D eigenvalue weighted by molar-refractivity contribution is 0.185. The molecule has 0 radical (unpaired) electrons. The Bertz CT molecular complexity index is 441. The number of hydrogen-bond donors (Lipinski definition) is 2. The van der Waals surface area contributed by atoms with Crippen LogP contribution in [0.1, 0.15) is 58.8 Å². The van der Waals surface area contributed by atoms with Crippen LogP contribution in [0.2, 0.25) is 0 Å². The van der Waals surface area contributed by atoms with E-state index >= 15 is 0 Å². The molecule has 3 unspecified atom stereocenters. The first-order chi connectivity index (χ1) is 12.2. The third-order valence-electron chi connectivity index (χ3n) is 5.65. The van der Waals surface area contributed by atoms with Crippen LogP contribution in [0.25, 0.3) is 0 Å². The van der Waals surface area contributed by atoms with Crippen molar-refractivity contribution in [1.29, 1.82) is 0 Å². The summed E-state index contributed by atoms with van der Waals surface area (Å²) in [4.78, 5) is 6.99. The first-order valence-electron chi connectivity index (χ1n) is 10.2. The minimum absolute atomic E-state index is 0. The lowest BCUT2D eigenvalue weighted by Crippen LogP contribution is -2.48. The highest BCUT2D eigenvalue weighted by Crippen LogP contribution is 2.23. The summed E-state index contributed by atoms with van der Waals surface area (Å²) >= 11 is 0. The standard InChI is InChI=1S/C19H38N4OS.HI/c1-4-11-23-12-9-16(10-13-23)15-21-19(20-3)22-17-7-6-8-18(14-17)25(24)5-2;/h16-18H,4-15H2,1-3H3,(H2,20,21,22);1H. The van der Waals surface area contributed by atoms with Gasteiger partial charge in [-0.25, -0.2) is 0 Å². The Morgan fingerprint density at radius 2 is 1.92 bits per heavy atom. The molecule has 1 aliphatic heterocycles. The Hall–Kier alpha value is 0.110. The van der Waals surface area contributed by atoms with E-state index in [1.807, 2.05) is 14.0 Å². The fraction of sp³-hybridized carbons (Fsp3) is 0.947. The second kappa shape index (κ2) is 13.3. The van der Waals surface area contributed by atoms with Crippen molar-refractivity contribution in [2.75, 3.05) is 39.0 Å². The first-order valence-corrected chi connectivity index (χ1v) is 11.6. The van der Waals surface area contributed by atoms with Crippen LogP contribution in [0, 0.1) is 5.92 Å². The van der Waals surface area contributed by atoms with Crippen LogP contribution in [0.5, 0.6) is 0 Å². The normalized spacial score (nSPS) is 26.8. The van der Waals surface area contributed by atoms with Crippen LogP contribution in [0.3, 0.4) is 0 Å². The molecule has 0 amide bonds. The third kappa shape index (κ3) is 8.00. The maximum Gasteiger partial charge on any atom is 0.191 e. The van der Waals surface area contributed by atoms with Crippen molar-refractivity contribution in [3.8, 4) is 0 Å². The number of nitrogens with one attached hydrogen (secondary N) is 2. The van der Waals surface area contributed by atoms with E-state index in [1.165, 1.54) is 45.3 Å². The molecule has 0 bridgehead atoms. The van der Waals surface area contributed by atoms with Gasteiger partial charge >= 0.3 is 0 Å². The van der Waals surface area contributed by atoms with Crippen LogP contribution in [-0.2, 0) is 10.8 Å². The topological polar surface area (TPSA) is 56.7 Å². The zero-order valence-electron chi connectivity index (χ0n) is 16.8. The monoisotopic (exact) mass is 498 g/mol. The van der Waals surface area contributed by atoms with Gasteiger partial charge in [-0.3, -0.25) is 9.20 Å². The number of rotatable bonds is 7. The smallest absolute Gasteiger partial charge is 0.191 e. The van der Waals surface area contributed by atoms with Gasteiger partial charge in [0.25, 0.3) is 0 Å². The fourth-order valence-electron chi connectivity index (χ4n) is 4.11. The fourth-order valence-corrected chi connectivity index (χ4v) is 5.46. The molecule has 154 valence electrons. The molecule has 2 N–H and O–H groups in total. The third-order valence-corrected chi connectivity index (χ3v) is 7.39. The van der Waals surface area contributed by atoms with E-state index in [0.717, 1.165) is 43.4 Å². The molecular weight excluding hydrogens is 459 g/mol. The van der Waals surface area contributed by atoms with Crippen molar-refractivity contribution in [3.05, 3.63) is 0 Å². The average molecular weight is 499 g/mol. The summed E-state index contributed by atoms with van der Waals surface area (Å²) in [7, 11) is 1.18. The van der Waals surface area contributed by atoms with Gasteiger partial charge in [-0.2, -0.15) is 0 Å². The van der Waals surface area contributed by atoms with Gasteiger partial charge in [0.1, 0.15) is 0 Å².